The number of aliphatic hydroxyl groups excluding tert-OH is 1. The lowest BCUT2D eigenvalue weighted by Gasteiger charge is -2.34. The number of nitrogens with zero attached hydrogens (tertiary/aromatic N) is 1. The molecule has 1 aromatic rings. The highest BCUT2D eigenvalue weighted by Gasteiger charge is 2.30. The molecule has 92 valence electrons. The highest BCUT2D eigenvalue weighted by Crippen LogP contribution is 2.31. The maximum Gasteiger partial charge on any atom is 0.409 e. The number of hydrogen-bond donors (Lipinski definition) is 3. The van der Waals surface area contributed by atoms with E-state index in [1.54, 1.807) is 12.1 Å². The maximum atomic E-state index is 10.8. The van der Waals surface area contributed by atoms with Crippen LogP contribution in [0.25, 0.3) is 0 Å². The van der Waals surface area contributed by atoms with Crippen LogP contribution in [0.2, 0.25) is 0 Å². The van der Waals surface area contributed by atoms with Crippen LogP contribution in [-0.4, -0.2) is 39.1 Å². The van der Waals surface area contributed by atoms with Gasteiger partial charge in [0.1, 0.15) is 12.0 Å². The predicted molar refractivity (Wildman–Crippen MR) is 60.8 cm³/mol. The number of phenolic OH excluding ortho intramolecular Hbond substituents is 1. The van der Waals surface area contributed by atoms with Crippen molar-refractivity contribution in [2.45, 2.75) is 25.0 Å². The third-order valence-corrected chi connectivity index (χ3v) is 3.18. The van der Waals surface area contributed by atoms with Crippen molar-refractivity contribution in [2.75, 3.05) is 6.54 Å². The van der Waals surface area contributed by atoms with Gasteiger partial charge in [-0.15, -0.1) is 0 Å². The number of carbonyl (C=O) groups is 1. The first kappa shape index (κ1) is 11.7. The molecule has 5 nitrogen and oxygen atoms in total. The maximum absolute atomic E-state index is 10.8. The first-order valence-electron chi connectivity index (χ1n) is 5.54. The van der Waals surface area contributed by atoms with Crippen molar-refractivity contribution in [2.24, 2.45) is 0 Å². The first-order chi connectivity index (χ1) is 8.08. The van der Waals surface area contributed by atoms with Crippen LogP contribution in [0.4, 0.5) is 4.79 Å². The van der Waals surface area contributed by atoms with E-state index in [1.165, 1.54) is 0 Å². The lowest BCUT2D eigenvalue weighted by molar-refractivity contribution is -0.0178. The number of hydrogen-bond acceptors (Lipinski definition) is 3. The Balaban J connectivity index is 2.06. The molecule has 0 saturated carbocycles. The molecule has 0 spiro atoms. The van der Waals surface area contributed by atoms with Crippen LogP contribution in [0.5, 0.6) is 5.75 Å². The fraction of sp³-hybridized carbons (Fsp3) is 0.417. The quantitative estimate of drug-likeness (QED) is 0.692. The van der Waals surface area contributed by atoms with Crippen molar-refractivity contribution in [1.29, 1.82) is 0 Å². The summed E-state index contributed by atoms with van der Waals surface area (Å²) < 4.78 is 0. The number of aliphatic hydroxyl groups is 1. The molecule has 0 radical (unpaired) electrons. The molecule has 2 unspecified atom stereocenters. The van der Waals surface area contributed by atoms with Gasteiger partial charge in [-0.2, -0.15) is 0 Å². The van der Waals surface area contributed by atoms with Crippen molar-refractivity contribution in [3.8, 4) is 5.75 Å². The minimum atomic E-state index is -1.08. The highest BCUT2D eigenvalue weighted by atomic mass is 16.4. The number of benzene rings is 1. The Morgan fingerprint density at radius 1 is 1.29 bits per heavy atom. The molecule has 1 aliphatic rings. The Labute approximate surface area is 98.9 Å². The Kier molecular flexibility index (Phi) is 3.19. The van der Waals surface area contributed by atoms with Gasteiger partial charge in [0.15, 0.2) is 0 Å². The average Bonchev–Trinajstić information content (AvgIpc) is 2.29. The van der Waals surface area contributed by atoms with Crippen molar-refractivity contribution < 1.29 is 20.1 Å². The van der Waals surface area contributed by atoms with Gasteiger partial charge in [0.25, 0.3) is 0 Å². The van der Waals surface area contributed by atoms with Gasteiger partial charge in [0.05, 0.1) is 0 Å². The van der Waals surface area contributed by atoms with Crippen LogP contribution in [0.3, 0.4) is 0 Å². The molecule has 1 amide bonds. The van der Waals surface area contributed by atoms with Crippen molar-refractivity contribution in [3.63, 3.8) is 0 Å². The zero-order valence-electron chi connectivity index (χ0n) is 9.28. The van der Waals surface area contributed by atoms with Crippen LogP contribution < -0.4 is 0 Å². The lowest BCUT2D eigenvalue weighted by Crippen LogP contribution is -2.44. The molecule has 1 aromatic carbocycles. The predicted octanol–water partition coefficient (Wildman–Crippen LogP) is 1.57. The molecule has 17 heavy (non-hydrogen) atoms. The zero-order valence-corrected chi connectivity index (χ0v) is 9.28. The number of carboxylic acid groups (broad SMARTS) is 1. The number of phenols is 1. The molecule has 2 atom stereocenters. The minimum Gasteiger partial charge on any atom is -0.508 e. The van der Waals surface area contributed by atoms with E-state index in [-0.39, 0.29) is 11.7 Å². The van der Waals surface area contributed by atoms with Gasteiger partial charge < -0.3 is 15.3 Å². The second-order valence-corrected chi connectivity index (χ2v) is 4.27. The topological polar surface area (TPSA) is 81.0 Å². The summed E-state index contributed by atoms with van der Waals surface area (Å²) in [7, 11) is 0. The first-order valence-corrected chi connectivity index (χ1v) is 5.54. The summed E-state index contributed by atoms with van der Waals surface area (Å²) in [4.78, 5) is 11.8. The van der Waals surface area contributed by atoms with Crippen molar-refractivity contribution in [3.05, 3.63) is 29.8 Å². The second-order valence-electron chi connectivity index (χ2n) is 4.27. The fourth-order valence-electron chi connectivity index (χ4n) is 2.22. The number of aromatic hydroxyl groups is 1. The number of rotatable bonds is 1. The van der Waals surface area contributed by atoms with E-state index in [0.717, 1.165) is 10.5 Å². The molecule has 0 aromatic heterocycles. The molecule has 0 bridgehead atoms. The number of amides is 1. The smallest absolute Gasteiger partial charge is 0.409 e. The summed E-state index contributed by atoms with van der Waals surface area (Å²) in [5.41, 5.74) is 1.02. The van der Waals surface area contributed by atoms with Gasteiger partial charge in [0, 0.05) is 6.54 Å². The third kappa shape index (κ3) is 2.50. The monoisotopic (exact) mass is 237 g/mol. The van der Waals surface area contributed by atoms with E-state index in [1.807, 2.05) is 12.1 Å². The Bertz CT molecular complexity index is 403. The van der Waals surface area contributed by atoms with Gasteiger partial charge in [-0.25, -0.2) is 4.79 Å². The Morgan fingerprint density at radius 2 is 1.94 bits per heavy atom. The minimum absolute atomic E-state index is 0.140. The van der Waals surface area contributed by atoms with Crippen LogP contribution in [-0.2, 0) is 0 Å². The number of piperidine rings is 1. The fourth-order valence-corrected chi connectivity index (χ4v) is 2.22. The van der Waals surface area contributed by atoms with Gasteiger partial charge in [-0.05, 0) is 36.5 Å². The molecular weight excluding hydrogens is 222 g/mol. The van der Waals surface area contributed by atoms with Gasteiger partial charge in [-0.1, -0.05) is 12.1 Å². The van der Waals surface area contributed by atoms with E-state index in [4.69, 9.17) is 5.11 Å². The summed E-state index contributed by atoms with van der Waals surface area (Å²) in [5, 5.41) is 27.7. The van der Waals surface area contributed by atoms with E-state index >= 15 is 0 Å². The molecular formula is C12H15NO4. The van der Waals surface area contributed by atoms with E-state index in [2.05, 4.69) is 0 Å². The summed E-state index contributed by atoms with van der Waals surface area (Å²) >= 11 is 0. The molecule has 1 aliphatic heterocycles. The van der Waals surface area contributed by atoms with E-state index in [0.29, 0.717) is 19.4 Å². The summed E-state index contributed by atoms with van der Waals surface area (Å²) in [6, 6.07) is 6.82. The molecule has 3 N–H and O–H groups in total. The average molecular weight is 237 g/mol. The molecule has 1 fully saturated rings. The van der Waals surface area contributed by atoms with E-state index in [9.17, 15) is 15.0 Å². The molecule has 5 heteroatoms. The van der Waals surface area contributed by atoms with Gasteiger partial charge in [-0.3, -0.25) is 4.90 Å². The second kappa shape index (κ2) is 4.63. The van der Waals surface area contributed by atoms with Crippen LogP contribution >= 0.6 is 0 Å². The SMILES string of the molecule is O=C(O)N1CCC(c2ccc(O)cc2)CC1O. The molecule has 1 saturated heterocycles. The van der Waals surface area contributed by atoms with Crippen molar-refractivity contribution >= 4 is 6.09 Å². The van der Waals surface area contributed by atoms with Gasteiger partial charge >= 0.3 is 6.09 Å². The molecule has 2 rings (SSSR count). The Hall–Kier alpha value is -1.75. The van der Waals surface area contributed by atoms with Crippen LogP contribution in [0, 0.1) is 0 Å². The Morgan fingerprint density at radius 3 is 2.47 bits per heavy atom. The summed E-state index contributed by atoms with van der Waals surface area (Å²) in [5.74, 6) is 0.346. The summed E-state index contributed by atoms with van der Waals surface area (Å²) in [6.07, 6.45) is -0.938. The van der Waals surface area contributed by atoms with Crippen LogP contribution in [0.15, 0.2) is 24.3 Å². The standard InChI is InChI=1S/C12H15NO4/c14-10-3-1-8(2-4-10)9-5-6-13(12(16)17)11(15)7-9/h1-4,9,11,14-15H,5-7H2,(H,16,17). The molecule has 0 aliphatic carbocycles. The third-order valence-electron chi connectivity index (χ3n) is 3.18. The lowest BCUT2D eigenvalue weighted by atomic mass is 9.88. The summed E-state index contributed by atoms with van der Waals surface area (Å²) in [6.45, 7) is 0.335. The molecule has 1 heterocycles. The van der Waals surface area contributed by atoms with Crippen molar-refractivity contribution in [1.82, 2.24) is 4.90 Å². The van der Waals surface area contributed by atoms with Crippen LogP contribution in [0.1, 0.15) is 24.3 Å². The normalized spacial score (nSPS) is 24.6. The zero-order chi connectivity index (χ0) is 12.4. The highest BCUT2D eigenvalue weighted by molar-refractivity contribution is 5.65. The number of likely N-dealkylation sites (tertiary alicyclic amines) is 1. The largest absolute Gasteiger partial charge is 0.508 e. The van der Waals surface area contributed by atoms with Gasteiger partial charge in [0.2, 0.25) is 0 Å². The van der Waals surface area contributed by atoms with E-state index < -0.39 is 12.3 Å².